The molecule has 0 spiro atoms. The van der Waals surface area contributed by atoms with Crippen molar-refractivity contribution >= 4 is 5.97 Å². The second-order valence-corrected chi connectivity index (χ2v) is 10.1. The summed E-state index contributed by atoms with van der Waals surface area (Å²) in [6.45, 7) is 4.11. The Morgan fingerprint density at radius 3 is 2.46 bits per heavy atom. The zero-order valence-electron chi connectivity index (χ0n) is 20.9. The standard InChI is InChI=1S/C29H27FN4O3/c1-15-12-18(28-31-33-34(3)32-28)13-16(2)26(15)20-8-10-24(30)27-21(20)9-11-25(27)37-19-6-4-17(5-7-19)22-14-23(22)29(35)36/h4-8,10,12-13,22-23,25H,9,11,14H2,1-3H3,(H,35,36)/t22-,23+,25-/m1/s1. The number of benzene rings is 3. The summed E-state index contributed by atoms with van der Waals surface area (Å²) >= 11 is 0. The van der Waals surface area contributed by atoms with Gasteiger partial charge < -0.3 is 9.84 Å². The van der Waals surface area contributed by atoms with Crippen LogP contribution in [0.1, 0.15) is 52.7 Å². The normalized spacial score (nSPS) is 20.1. The molecule has 188 valence electrons. The lowest BCUT2D eigenvalue weighted by atomic mass is 9.89. The number of hydrogen-bond acceptors (Lipinski definition) is 5. The third-order valence-electron chi connectivity index (χ3n) is 7.55. The first-order valence-corrected chi connectivity index (χ1v) is 12.5. The van der Waals surface area contributed by atoms with Crippen LogP contribution in [0.25, 0.3) is 22.5 Å². The third kappa shape index (κ3) is 4.16. The number of carboxylic acids is 1. The summed E-state index contributed by atoms with van der Waals surface area (Å²) in [5.74, 6) is 0.0112. The van der Waals surface area contributed by atoms with Gasteiger partial charge in [0.1, 0.15) is 17.7 Å². The number of tetrazole rings is 1. The highest BCUT2D eigenvalue weighted by Crippen LogP contribution is 2.48. The van der Waals surface area contributed by atoms with Gasteiger partial charge in [-0.15, -0.1) is 10.2 Å². The predicted molar refractivity (Wildman–Crippen MR) is 136 cm³/mol. The molecule has 1 saturated carbocycles. The van der Waals surface area contributed by atoms with Crippen molar-refractivity contribution in [1.82, 2.24) is 20.2 Å². The number of aromatic nitrogens is 4. The predicted octanol–water partition coefficient (Wildman–Crippen LogP) is 5.55. The Labute approximate surface area is 213 Å². The summed E-state index contributed by atoms with van der Waals surface area (Å²) in [6, 6.07) is 15.1. The minimum atomic E-state index is -0.746. The quantitative estimate of drug-likeness (QED) is 0.375. The number of hydrogen-bond donors (Lipinski definition) is 1. The van der Waals surface area contributed by atoms with Crippen molar-refractivity contribution in [1.29, 1.82) is 0 Å². The molecule has 8 heteroatoms. The van der Waals surface area contributed by atoms with Gasteiger partial charge in [0.05, 0.1) is 13.0 Å². The van der Waals surface area contributed by atoms with Crippen LogP contribution in [0.15, 0.2) is 48.5 Å². The highest BCUT2D eigenvalue weighted by atomic mass is 19.1. The van der Waals surface area contributed by atoms with Gasteiger partial charge >= 0.3 is 5.97 Å². The molecule has 2 aliphatic carbocycles. The number of ether oxygens (including phenoxy) is 1. The monoisotopic (exact) mass is 498 g/mol. The molecule has 0 saturated heterocycles. The highest BCUT2D eigenvalue weighted by molar-refractivity contribution is 5.78. The van der Waals surface area contributed by atoms with Crippen LogP contribution in [-0.4, -0.2) is 31.3 Å². The lowest BCUT2D eigenvalue weighted by molar-refractivity contribution is -0.138. The lowest BCUT2D eigenvalue weighted by Crippen LogP contribution is -2.06. The van der Waals surface area contributed by atoms with Crippen molar-refractivity contribution in [3.63, 3.8) is 0 Å². The van der Waals surface area contributed by atoms with Gasteiger partial charge in [0, 0.05) is 11.1 Å². The Morgan fingerprint density at radius 1 is 1.11 bits per heavy atom. The molecule has 7 nitrogen and oxygen atoms in total. The fraction of sp³-hybridized carbons (Fsp3) is 0.310. The summed E-state index contributed by atoms with van der Waals surface area (Å²) in [5.41, 5.74) is 7.76. The molecule has 1 N–H and O–H groups in total. The Bertz CT molecular complexity index is 1510. The average Bonchev–Trinajstić information content (AvgIpc) is 3.38. The van der Waals surface area contributed by atoms with Gasteiger partial charge in [0.15, 0.2) is 0 Å². The van der Waals surface area contributed by atoms with Gasteiger partial charge in [-0.25, -0.2) is 4.39 Å². The Balaban J connectivity index is 1.29. The first kappa shape index (κ1) is 23.3. The van der Waals surface area contributed by atoms with Crippen LogP contribution in [0.4, 0.5) is 4.39 Å². The van der Waals surface area contributed by atoms with E-state index in [9.17, 15) is 9.90 Å². The highest BCUT2D eigenvalue weighted by Gasteiger charge is 2.44. The SMILES string of the molecule is Cc1cc(-c2nnn(C)n2)cc(C)c1-c1ccc(F)c2c1CC[C@H]2Oc1ccc([C@H]2C[C@@H]2C(=O)O)cc1. The van der Waals surface area contributed by atoms with Crippen LogP contribution in [-0.2, 0) is 18.3 Å². The smallest absolute Gasteiger partial charge is 0.307 e. The van der Waals surface area contributed by atoms with Gasteiger partial charge in [-0.3, -0.25) is 4.79 Å². The fourth-order valence-corrected chi connectivity index (χ4v) is 5.74. The Hall–Kier alpha value is -4.07. The van der Waals surface area contributed by atoms with E-state index in [2.05, 4.69) is 29.3 Å². The van der Waals surface area contributed by atoms with Crippen molar-refractivity contribution in [3.05, 3.63) is 82.2 Å². The molecular formula is C29H27FN4O3. The van der Waals surface area contributed by atoms with Crippen LogP contribution < -0.4 is 4.74 Å². The molecule has 37 heavy (non-hydrogen) atoms. The van der Waals surface area contributed by atoms with E-state index < -0.39 is 5.97 Å². The number of carboxylic acid groups (broad SMARTS) is 1. The van der Waals surface area contributed by atoms with Crippen molar-refractivity contribution in [2.24, 2.45) is 13.0 Å². The summed E-state index contributed by atoms with van der Waals surface area (Å²) in [5, 5.41) is 21.6. The summed E-state index contributed by atoms with van der Waals surface area (Å²) in [7, 11) is 1.74. The van der Waals surface area contributed by atoms with Crippen molar-refractivity contribution in [2.75, 3.05) is 0 Å². The van der Waals surface area contributed by atoms with E-state index in [1.807, 2.05) is 42.5 Å². The largest absolute Gasteiger partial charge is 0.486 e. The minimum absolute atomic E-state index is 0.0707. The molecule has 6 rings (SSSR count). The van der Waals surface area contributed by atoms with Gasteiger partial charge in [-0.05, 0) is 108 Å². The first-order valence-electron chi connectivity index (χ1n) is 12.5. The number of fused-ring (bicyclic) bond motifs is 1. The van der Waals surface area contributed by atoms with E-state index in [1.165, 1.54) is 10.9 Å². The molecule has 0 aliphatic heterocycles. The maximum Gasteiger partial charge on any atom is 0.307 e. The summed E-state index contributed by atoms with van der Waals surface area (Å²) in [6.07, 6.45) is 1.71. The van der Waals surface area contributed by atoms with Crippen molar-refractivity contribution < 1.29 is 19.0 Å². The number of aliphatic carboxylic acids is 1. The van der Waals surface area contributed by atoms with Crippen LogP contribution in [0.5, 0.6) is 5.75 Å². The second kappa shape index (κ2) is 8.80. The van der Waals surface area contributed by atoms with Gasteiger partial charge in [0.25, 0.3) is 0 Å². The summed E-state index contributed by atoms with van der Waals surface area (Å²) in [4.78, 5) is 12.6. The van der Waals surface area contributed by atoms with Crippen LogP contribution >= 0.6 is 0 Å². The number of nitrogens with zero attached hydrogens (tertiary/aromatic N) is 4. The Morgan fingerprint density at radius 2 is 1.84 bits per heavy atom. The first-order chi connectivity index (χ1) is 17.8. The molecule has 3 atom stereocenters. The van der Waals surface area contributed by atoms with E-state index in [4.69, 9.17) is 4.74 Å². The van der Waals surface area contributed by atoms with E-state index >= 15 is 4.39 Å². The van der Waals surface area contributed by atoms with Crippen molar-refractivity contribution in [2.45, 2.75) is 45.1 Å². The molecule has 4 aromatic rings. The maximum atomic E-state index is 15.2. The van der Waals surface area contributed by atoms with E-state index in [-0.39, 0.29) is 23.8 Å². The van der Waals surface area contributed by atoms with E-state index in [0.717, 1.165) is 45.4 Å². The zero-order chi connectivity index (χ0) is 25.8. The molecule has 1 aromatic heterocycles. The molecule has 0 amide bonds. The van der Waals surface area contributed by atoms with Crippen LogP contribution in [0.3, 0.4) is 0 Å². The molecule has 0 unspecified atom stereocenters. The number of aryl methyl sites for hydroxylation is 3. The molecule has 1 fully saturated rings. The van der Waals surface area contributed by atoms with Crippen LogP contribution in [0.2, 0.25) is 0 Å². The van der Waals surface area contributed by atoms with Gasteiger partial charge in [-0.2, -0.15) is 4.80 Å². The number of rotatable bonds is 6. The van der Waals surface area contributed by atoms with E-state index in [0.29, 0.717) is 30.0 Å². The van der Waals surface area contributed by atoms with Gasteiger partial charge in [-0.1, -0.05) is 18.2 Å². The molecular weight excluding hydrogens is 471 g/mol. The minimum Gasteiger partial charge on any atom is -0.486 e. The zero-order valence-corrected chi connectivity index (χ0v) is 20.9. The molecule has 1 heterocycles. The molecule has 0 radical (unpaired) electrons. The van der Waals surface area contributed by atoms with E-state index in [1.54, 1.807) is 7.05 Å². The van der Waals surface area contributed by atoms with Gasteiger partial charge in [0.2, 0.25) is 5.82 Å². The molecule has 0 bridgehead atoms. The maximum absolute atomic E-state index is 15.2. The fourth-order valence-electron chi connectivity index (χ4n) is 5.74. The second-order valence-electron chi connectivity index (χ2n) is 10.1. The number of carbonyl (C=O) groups is 1. The third-order valence-corrected chi connectivity index (χ3v) is 7.55. The summed E-state index contributed by atoms with van der Waals surface area (Å²) < 4.78 is 21.4. The topological polar surface area (TPSA) is 90.1 Å². The molecule has 2 aliphatic rings. The molecule has 3 aromatic carbocycles. The lowest BCUT2D eigenvalue weighted by Gasteiger charge is -2.19. The van der Waals surface area contributed by atoms with Crippen LogP contribution in [0, 0.1) is 25.6 Å². The van der Waals surface area contributed by atoms with Crippen molar-refractivity contribution in [3.8, 4) is 28.3 Å². The average molecular weight is 499 g/mol. The Kier molecular flexibility index (Phi) is 5.55. The number of halogens is 1.